The number of allylic oxidation sites excluding steroid dienone is 2. The van der Waals surface area contributed by atoms with Crippen molar-refractivity contribution >= 4 is 11.9 Å². The summed E-state index contributed by atoms with van der Waals surface area (Å²) in [6.07, 6.45) is 0.165. The molecule has 0 amide bonds. The van der Waals surface area contributed by atoms with Gasteiger partial charge in [0.2, 0.25) is 0 Å². The van der Waals surface area contributed by atoms with Crippen LogP contribution in [0.3, 0.4) is 0 Å². The van der Waals surface area contributed by atoms with Crippen molar-refractivity contribution < 1.29 is 58.8 Å². The van der Waals surface area contributed by atoms with Crippen molar-refractivity contribution in [2.75, 3.05) is 0 Å². The predicted molar refractivity (Wildman–Crippen MR) is 212 cm³/mol. The third kappa shape index (κ3) is 5.70. The van der Waals surface area contributed by atoms with Crippen LogP contribution in [0.5, 0.6) is 0 Å². The number of ether oxygens (including phenoxy) is 5. The second-order valence-corrected chi connectivity index (χ2v) is 19.3. The molecule has 12 nitrogen and oxygen atoms in total. The zero-order chi connectivity index (χ0) is 42.1. The van der Waals surface area contributed by atoms with Gasteiger partial charge in [-0.15, -0.1) is 0 Å². The van der Waals surface area contributed by atoms with Crippen LogP contribution in [0.2, 0.25) is 0 Å². The fourth-order valence-corrected chi connectivity index (χ4v) is 13.1. The van der Waals surface area contributed by atoms with Crippen LogP contribution in [0.25, 0.3) is 0 Å². The largest absolute Gasteiger partial charge is 0.456 e. The first kappa shape index (κ1) is 40.9. The van der Waals surface area contributed by atoms with Crippen LogP contribution in [0.1, 0.15) is 83.1 Å². The van der Waals surface area contributed by atoms with Crippen LogP contribution in [-0.2, 0) is 34.3 Å². The molecule has 4 heterocycles. The molecule has 5 N–H and O–H groups in total. The molecule has 4 saturated carbocycles. The Bertz CT molecular complexity index is 2020. The lowest BCUT2D eigenvalue weighted by molar-refractivity contribution is -0.465. The number of rotatable bonds is 3. The first-order valence-electron chi connectivity index (χ1n) is 21.3. The molecule has 12 heteroatoms. The summed E-state index contributed by atoms with van der Waals surface area (Å²) >= 11 is 0. The molecule has 6 fully saturated rings. The Morgan fingerprint density at radius 1 is 0.847 bits per heavy atom. The first-order chi connectivity index (χ1) is 27.8. The molecule has 1 spiro atoms. The molecule has 1 unspecified atom stereocenters. The predicted octanol–water partition coefficient (Wildman–Crippen LogP) is 4.36. The van der Waals surface area contributed by atoms with Crippen LogP contribution in [0.15, 0.2) is 85.0 Å². The summed E-state index contributed by atoms with van der Waals surface area (Å²) in [7, 11) is 0. The number of fused-ring (bicyclic) bond motifs is 6. The van der Waals surface area contributed by atoms with Crippen molar-refractivity contribution in [1.29, 1.82) is 0 Å². The minimum atomic E-state index is -2.33. The Morgan fingerprint density at radius 2 is 1.53 bits per heavy atom. The Kier molecular flexibility index (Phi) is 9.55. The molecule has 10 rings (SSSR count). The molecule has 0 aromatic heterocycles. The van der Waals surface area contributed by atoms with Crippen molar-refractivity contribution in [3.63, 3.8) is 0 Å². The van der Waals surface area contributed by atoms with E-state index in [0.717, 1.165) is 0 Å². The Labute approximate surface area is 345 Å². The first-order valence-corrected chi connectivity index (χ1v) is 21.3. The third-order valence-corrected chi connectivity index (χ3v) is 16.2. The van der Waals surface area contributed by atoms with Gasteiger partial charge in [0.25, 0.3) is 0 Å². The summed E-state index contributed by atoms with van der Waals surface area (Å²) in [6.45, 7) is 10.7. The molecule has 2 aromatic carbocycles. The maximum absolute atomic E-state index is 13.7. The summed E-state index contributed by atoms with van der Waals surface area (Å²) in [5.74, 6) is -6.74. The van der Waals surface area contributed by atoms with E-state index in [0.29, 0.717) is 24.0 Å². The summed E-state index contributed by atoms with van der Waals surface area (Å²) < 4.78 is 33.0. The highest BCUT2D eigenvalue weighted by atomic mass is 16.7. The molecule has 2 aromatic rings. The number of esters is 2. The highest BCUT2D eigenvalue weighted by Crippen LogP contribution is 2.72. The molecule has 9 bridgehead atoms. The molecule has 4 aliphatic carbocycles. The molecule has 8 aliphatic rings. The quantitative estimate of drug-likeness (QED) is 0.218. The van der Waals surface area contributed by atoms with Crippen LogP contribution >= 0.6 is 0 Å². The van der Waals surface area contributed by atoms with Crippen LogP contribution in [-0.4, -0.2) is 102 Å². The van der Waals surface area contributed by atoms with E-state index in [2.05, 4.69) is 0 Å². The van der Waals surface area contributed by atoms with Crippen LogP contribution in [0, 0.1) is 41.4 Å². The summed E-state index contributed by atoms with van der Waals surface area (Å²) in [5.41, 5.74) is -8.47. The molecular weight excluding hydrogens is 757 g/mol. The second kappa shape index (κ2) is 13.8. The standard InChI is InChI=1S/C47H58O12/c1-25-23-33-45(53)37(25)56-34(48)20-14-13-19-32(55-40(50)28-15-9-7-10-16-28)31-22-21-29(26(31)2)24-42(4,52)47(54)36(49)35(39-43(5,57-39)41(45)51)46(33)27(3)38(47)58-44(6,59-46)30-17-11-8-12-18-30/h7-20,25-27,29,31-33,35-39,41,49,51-54H,21-24H2,1-6H3/b19-13+,20-14+/t25-,26-,27+,29+,31-,32+,33+,35+,36+,37-,38-,39-,41+,42+,43-,44?,45+,46-,47+/m0/s1. The SMILES string of the molecule is C[C@H]1[C@@H]2CC[C@@H]1[C@H](OC(=O)c1ccccc1)/C=C/C=C/C(=O)O[C@H]1[C@@H](C)C[C@@H]3[C@]1(O)[C@H](O)[C@@]1(C)O[C@H]1[C@H]1[C@@H](O)[C@@](O)([C@H]4OC(C)(c5ccccc5)O[C@]13[C@@H]4C)[C@](C)(O)C2. The number of aliphatic hydroxyl groups excluding tert-OH is 2. The van der Waals surface area contributed by atoms with Crippen molar-refractivity contribution in [2.24, 2.45) is 41.4 Å². The Morgan fingerprint density at radius 3 is 2.22 bits per heavy atom. The molecular formula is C47H58O12. The zero-order valence-corrected chi connectivity index (χ0v) is 34.5. The van der Waals surface area contributed by atoms with Gasteiger partial charge in [-0.1, -0.05) is 81.5 Å². The summed E-state index contributed by atoms with van der Waals surface area (Å²) in [4.78, 5) is 27.2. The number of aliphatic hydroxyl groups is 5. The van der Waals surface area contributed by atoms with E-state index in [1.165, 1.54) is 12.2 Å². The van der Waals surface area contributed by atoms with E-state index in [1.54, 1.807) is 57.2 Å². The van der Waals surface area contributed by atoms with E-state index in [1.807, 2.05) is 57.2 Å². The number of hydrogen-bond donors (Lipinski definition) is 5. The van der Waals surface area contributed by atoms with Crippen molar-refractivity contribution in [1.82, 2.24) is 0 Å². The normalized spacial score (nSPS) is 52.3. The molecule has 19 atom stereocenters. The van der Waals surface area contributed by atoms with Gasteiger partial charge in [-0.25, -0.2) is 9.59 Å². The van der Waals surface area contributed by atoms with Crippen LogP contribution < -0.4 is 0 Å². The molecule has 318 valence electrons. The summed E-state index contributed by atoms with van der Waals surface area (Å²) in [5, 5.41) is 65.3. The fraction of sp³-hybridized carbons (Fsp3) is 0.617. The van der Waals surface area contributed by atoms with E-state index >= 15 is 0 Å². The lowest BCUT2D eigenvalue weighted by Crippen LogP contribution is -2.84. The molecule has 2 saturated heterocycles. The lowest BCUT2D eigenvalue weighted by atomic mass is 9.50. The third-order valence-electron chi connectivity index (χ3n) is 16.2. The van der Waals surface area contributed by atoms with Crippen molar-refractivity contribution in [3.05, 3.63) is 96.1 Å². The molecule has 59 heavy (non-hydrogen) atoms. The van der Waals surface area contributed by atoms with Gasteiger partial charge in [-0.2, -0.15) is 0 Å². The van der Waals surface area contributed by atoms with Crippen molar-refractivity contribution in [3.8, 4) is 0 Å². The number of hydrogen-bond acceptors (Lipinski definition) is 12. The molecule has 0 radical (unpaired) electrons. The minimum Gasteiger partial charge on any atom is -0.456 e. The van der Waals surface area contributed by atoms with Crippen LogP contribution in [0.4, 0.5) is 0 Å². The van der Waals surface area contributed by atoms with Crippen molar-refractivity contribution in [2.45, 2.75) is 138 Å². The molecule has 4 aliphatic heterocycles. The number of carbonyl (C=O) groups excluding carboxylic acids is 2. The minimum absolute atomic E-state index is 0.0661. The van der Waals surface area contributed by atoms with Gasteiger partial charge in [0.15, 0.2) is 5.79 Å². The smallest absolute Gasteiger partial charge is 0.338 e. The lowest BCUT2D eigenvalue weighted by Gasteiger charge is -2.69. The van der Waals surface area contributed by atoms with E-state index in [4.69, 9.17) is 23.7 Å². The van der Waals surface area contributed by atoms with Gasteiger partial charge in [-0.05, 0) is 82.4 Å². The highest BCUT2D eigenvalue weighted by molar-refractivity contribution is 5.89. The topological polar surface area (TPSA) is 185 Å². The maximum Gasteiger partial charge on any atom is 0.338 e. The van der Waals surface area contributed by atoms with E-state index in [-0.39, 0.29) is 30.6 Å². The van der Waals surface area contributed by atoms with Gasteiger partial charge in [0.1, 0.15) is 41.2 Å². The number of epoxide rings is 1. The number of carbonyl (C=O) groups is 2. The van der Waals surface area contributed by atoms with Gasteiger partial charge in [-0.3, -0.25) is 0 Å². The highest BCUT2D eigenvalue weighted by Gasteiger charge is 2.87. The summed E-state index contributed by atoms with van der Waals surface area (Å²) in [6, 6.07) is 17.9. The van der Waals surface area contributed by atoms with Gasteiger partial charge in [0.05, 0.1) is 29.0 Å². The van der Waals surface area contributed by atoms with E-state index in [9.17, 15) is 35.1 Å². The second-order valence-electron chi connectivity index (χ2n) is 19.3. The fourth-order valence-electron chi connectivity index (χ4n) is 13.1. The van der Waals surface area contributed by atoms with Gasteiger partial charge >= 0.3 is 11.9 Å². The van der Waals surface area contributed by atoms with E-state index < -0.39 is 106 Å². The monoisotopic (exact) mass is 814 g/mol. The van der Waals surface area contributed by atoms with Gasteiger partial charge in [0, 0.05) is 35.3 Å². The Hall–Kier alpha value is -3.46. The Balaban J connectivity index is 1.21. The number of benzene rings is 2. The zero-order valence-electron chi connectivity index (χ0n) is 34.5. The maximum atomic E-state index is 13.7. The average Bonchev–Trinajstić information content (AvgIpc) is 3.67. The average molecular weight is 815 g/mol. The van der Waals surface area contributed by atoms with Gasteiger partial charge < -0.3 is 49.2 Å².